The minimum absolute atomic E-state index is 0.0672. The summed E-state index contributed by atoms with van der Waals surface area (Å²) < 4.78 is 49.9. The second kappa shape index (κ2) is 14.2. The zero-order chi connectivity index (χ0) is 33.7. The average molecular weight is 662 g/mol. The summed E-state index contributed by atoms with van der Waals surface area (Å²) >= 11 is 0. The predicted molar refractivity (Wildman–Crippen MR) is 181 cm³/mol. The lowest BCUT2D eigenvalue weighted by Gasteiger charge is -2.43. The molecule has 0 bridgehead atoms. The molecule has 5 rings (SSSR count). The molecule has 47 heavy (non-hydrogen) atoms. The average Bonchev–Trinajstić information content (AvgIpc) is 3.06. The Morgan fingerprint density at radius 1 is 0.894 bits per heavy atom. The van der Waals surface area contributed by atoms with E-state index in [1.807, 2.05) is 60.7 Å². The molecule has 1 aliphatic rings. The van der Waals surface area contributed by atoms with E-state index in [0.29, 0.717) is 18.4 Å². The van der Waals surface area contributed by atoms with E-state index in [9.17, 15) is 23.1 Å². The summed E-state index contributed by atoms with van der Waals surface area (Å²) in [6.45, 7) is 7.98. The Morgan fingerprint density at radius 3 is 2.00 bits per heavy atom. The molecule has 0 aliphatic carbocycles. The maximum absolute atomic E-state index is 14.2. The van der Waals surface area contributed by atoms with Crippen LogP contribution in [0.15, 0.2) is 103 Å². The van der Waals surface area contributed by atoms with Gasteiger partial charge in [0.05, 0.1) is 12.1 Å². The molecule has 1 saturated heterocycles. The fourth-order valence-electron chi connectivity index (χ4n) is 6.33. The number of aromatic hydroxyl groups is 1. The molecule has 4 aromatic carbocycles. The lowest BCUT2D eigenvalue weighted by molar-refractivity contribution is -0.137. The monoisotopic (exact) mass is 661 g/mol. The fraction of sp³-hybridized carbons (Fsp3) is 0.324. The minimum atomic E-state index is -4.59. The number of rotatable bonds is 9. The number of benzene rings is 4. The van der Waals surface area contributed by atoms with Crippen LogP contribution >= 0.6 is 0 Å². The number of halogens is 3. The number of amides is 2. The summed E-state index contributed by atoms with van der Waals surface area (Å²) in [5, 5.41) is 17.3. The first-order chi connectivity index (χ1) is 22.4. The number of hydrogen-bond donors (Lipinski definition) is 3. The van der Waals surface area contributed by atoms with Crippen LogP contribution in [0.25, 0.3) is 0 Å². The van der Waals surface area contributed by atoms with Gasteiger partial charge in [-0.1, -0.05) is 99.6 Å². The Morgan fingerprint density at radius 2 is 1.47 bits per heavy atom. The maximum atomic E-state index is 14.2. The van der Waals surface area contributed by atoms with E-state index in [0.717, 1.165) is 41.2 Å². The fourth-order valence-corrected chi connectivity index (χ4v) is 10.8. The molecule has 6 nitrogen and oxygen atoms in total. The normalized spacial score (nSPS) is 14.4. The zero-order valence-corrected chi connectivity index (χ0v) is 28.0. The number of carbonyl (C=O) groups excluding carboxylic acids is 1. The van der Waals surface area contributed by atoms with Crippen molar-refractivity contribution >= 4 is 24.7 Å². The number of phenols is 1. The van der Waals surface area contributed by atoms with Crippen LogP contribution < -0.4 is 25.4 Å². The molecule has 0 saturated carbocycles. The van der Waals surface area contributed by atoms with Crippen LogP contribution in [-0.4, -0.2) is 43.5 Å². The predicted octanol–water partition coefficient (Wildman–Crippen LogP) is 6.81. The molecule has 1 heterocycles. The van der Waals surface area contributed by atoms with E-state index in [1.165, 1.54) is 6.07 Å². The van der Waals surface area contributed by atoms with E-state index >= 15 is 0 Å². The zero-order valence-electron chi connectivity index (χ0n) is 27.0. The van der Waals surface area contributed by atoms with Crippen molar-refractivity contribution in [3.63, 3.8) is 0 Å². The molecule has 0 spiro atoms. The van der Waals surface area contributed by atoms with Gasteiger partial charge in [-0.25, -0.2) is 4.79 Å². The van der Waals surface area contributed by atoms with Gasteiger partial charge in [-0.15, -0.1) is 0 Å². The van der Waals surface area contributed by atoms with Gasteiger partial charge in [-0.05, 0) is 71.2 Å². The summed E-state index contributed by atoms with van der Waals surface area (Å²) in [4.78, 5) is 15.6. The topological polar surface area (TPSA) is 73.8 Å². The standard InChI is InChI=1S/C37H42F3N3O3Si/c1-36(2,3)47(32-10-6-4-7-11-32,33-12-8-5-9-13-33)46-34-24-29(37(38,39)40)17-16-28(34)26-43(30-20-22-41-23-21-30)35(45)42-25-27-14-18-31(44)19-15-27/h4-19,24,30,41,44H,20-23,25-26H2,1-3H3,(H,42,45). The number of nitrogens with one attached hydrogen (secondary N) is 2. The summed E-state index contributed by atoms with van der Waals surface area (Å²) in [6, 6.07) is 29.3. The van der Waals surface area contributed by atoms with Crippen molar-refractivity contribution in [3.8, 4) is 11.5 Å². The quantitative estimate of drug-likeness (QED) is 0.172. The Labute approximate surface area is 275 Å². The first-order valence-electron chi connectivity index (χ1n) is 15.9. The van der Waals surface area contributed by atoms with E-state index in [-0.39, 0.29) is 36.7 Å². The van der Waals surface area contributed by atoms with Crippen molar-refractivity contribution < 1.29 is 27.5 Å². The Bertz CT molecular complexity index is 1580. The second-order valence-corrected chi connectivity index (χ2v) is 17.2. The van der Waals surface area contributed by atoms with Crippen molar-refractivity contribution in [2.45, 2.75) is 64.0 Å². The first-order valence-corrected chi connectivity index (χ1v) is 17.8. The van der Waals surface area contributed by atoms with Gasteiger partial charge in [0.25, 0.3) is 0 Å². The van der Waals surface area contributed by atoms with Crippen LogP contribution in [0, 0.1) is 0 Å². The molecule has 1 aliphatic heterocycles. The van der Waals surface area contributed by atoms with Gasteiger partial charge in [0.1, 0.15) is 11.5 Å². The van der Waals surface area contributed by atoms with Crippen molar-refractivity contribution in [2.24, 2.45) is 0 Å². The maximum Gasteiger partial charge on any atom is 0.416 e. The molecule has 10 heteroatoms. The lowest BCUT2D eigenvalue weighted by Crippen LogP contribution is -2.69. The highest BCUT2D eigenvalue weighted by Gasteiger charge is 2.52. The summed E-state index contributed by atoms with van der Waals surface area (Å²) in [6.07, 6.45) is -3.17. The van der Waals surface area contributed by atoms with Crippen molar-refractivity contribution in [1.29, 1.82) is 0 Å². The van der Waals surface area contributed by atoms with Crippen LogP contribution in [0.3, 0.4) is 0 Å². The number of urea groups is 1. The lowest BCUT2D eigenvalue weighted by atomic mass is 10.0. The second-order valence-electron chi connectivity index (χ2n) is 13.0. The third-order valence-corrected chi connectivity index (χ3v) is 13.7. The van der Waals surface area contributed by atoms with Crippen LogP contribution in [0.2, 0.25) is 5.04 Å². The molecule has 4 aromatic rings. The highest BCUT2D eigenvalue weighted by Crippen LogP contribution is 2.41. The number of carbonyl (C=O) groups is 1. The number of hydrogen-bond acceptors (Lipinski definition) is 4. The van der Waals surface area contributed by atoms with E-state index in [1.54, 1.807) is 29.2 Å². The number of nitrogens with zero attached hydrogens (tertiary/aromatic N) is 1. The molecule has 0 atom stereocenters. The molecule has 248 valence electrons. The Balaban J connectivity index is 1.59. The third kappa shape index (κ3) is 7.82. The van der Waals surface area contributed by atoms with Crippen LogP contribution in [-0.2, 0) is 19.3 Å². The van der Waals surface area contributed by atoms with Gasteiger partial charge in [0.15, 0.2) is 0 Å². The molecule has 2 amide bonds. The van der Waals surface area contributed by atoms with Crippen molar-refractivity contribution in [3.05, 3.63) is 120 Å². The van der Waals surface area contributed by atoms with Gasteiger partial charge < -0.3 is 25.1 Å². The summed E-state index contributed by atoms with van der Waals surface area (Å²) in [5.74, 6) is 0.256. The highest BCUT2D eigenvalue weighted by molar-refractivity contribution is 7.00. The number of piperidine rings is 1. The minimum Gasteiger partial charge on any atom is -0.534 e. The Kier molecular flexibility index (Phi) is 10.3. The van der Waals surface area contributed by atoms with Crippen molar-refractivity contribution in [1.82, 2.24) is 15.5 Å². The molecule has 0 unspecified atom stereocenters. The molecule has 1 fully saturated rings. The SMILES string of the molecule is CC(C)(C)[Si](Oc1cc(C(F)(F)F)ccc1CN(C(=O)NCc1ccc(O)cc1)C1CCNCC1)(c1ccccc1)c1ccccc1. The van der Waals surface area contributed by atoms with Gasteiger partial charge in [0.2, 0.25) is 0 Å². The Hall–Kier alpha value is -4.28. The van der Waals surface area contributed by atoms with Gasteiger partial charge in [0, 0.05) is 18.2 Å². The summed E-state index contributed by atoms with van der Waals surface area (Å²) in [7, 11) is -3.30. The van der Waals surface area contributed by atoms with Crippen molar-refractivity contribution in [2.75, 3.05) is 13.1 Å². The molecular formula is C37H42F3N3O3Si. The van der Waals surface area contributed by atoms with Crippen LogP contribution in [0.4, 0.5) is 18.0 Å². The first kappa shape index (κ1) is 34.1. The van der Waals surface area contributed by atoms with Gasteiger partial charge >= 0.3 is 20.5 Å². The third-order valence-electron chi connectivity index (χ3n) is 8.81. The number of phenolic OH excluding ortho intramolecular Hbond substituents is 1. The summed E-state index contributed by atoms with van der Waals surface area (Å²) in [5.41, 5.74) is 0.510. The van der Waals surface area contributed by atoms with Gasteiger partial charge in [-0.2, -0.15) is 13.2 Å². The van der Waals surface area contributed by atoms with E-state index in [2.05, 4.69) is 31.4 Å². The van der Waals surface area contributed by atoms with E-state index in [4.69, 9.17) is 4.43 Å². The number of alkyl halides is 3. The largest absolute Gasteiger partial charge is 0.534 e. The molecule has 0 aromatic heterocycles. The van der Waals surface area contributed by atoms with Gasteiger partial charge in [-0.3, -0.25) is 0 Å². The molecular weight excluding hydrogens is 620 g/mol. The smallest absolute Gasteiger partial charge is 0.416 e. The molecule has 3 N–H and O–H groups in total. The molecule has 0 radical (unpaired) electrons. The van der Waals surface area contributed by atoms with E-state index < -0.39 is 25.1 Å². The van der Waals surface area contributed by atoms with Crippen LogP contribution in [0.1, 0.15) is 50.3 Å². The van der Waals surface area contributed by atoms with Crippen LogP contribution in [0.5, 0.6) is 11.5 Å². The highest BCUT2D eigenvalue weighted by atomic mass is 28.4.